The van der Waals surface area contributed by atoms with E-state index in [0.717, 1.165) is 17.7 Å². The maximum Gasteiger partial charge on any atom is 0.175 e. The van der Waals surface area contributed by atoms with Crippen molar-refractivity contribution in [3.63, 3.8) is 0 Å². The van der Waals surface area contributed by atoms with Gasteiger partial charge in [-0.2, -0.15) is 11.8 Å². The van der Waals surface area contributed by atoms with E-state index in [2.05, 4.69) is 6.07 Å². The topological polar surface area (TPSA) is 17.1 Å². The average Bonchev–Trinajstić information content (AvgIpc) is 2.67. The molecule has 0 aromatic heterocycles. The molecule has 80 valence electrons. The van der Waals surface area contributed by atoms with Crippen molar-refractivity contribution in [2.45, 2.75) is 31.9 Å². The highest BCUT2D eigenvalue weighted by molar-refractivity contribution is 8.00. The minimum Gasteiger partial charge on any atom is -0.293 e. The molecular weight excluding hydrogens is 204 g/mol. The molecule has 0 aliphatic carbocycles. The Morgan fingerprint density at radius 3 is 2.47 bits per heavy atom. The van der Waals surface area contributed by atoms with Crippen LogP contribution in [0.3, 0.4) is 0 Å². The van der Waals surface area contributed by atoms with Crippen molar-refractivity contribution in [1.82, 2.24) is 0 Å². The molecule has 2 rings (SSSR count). The molecule has 1 nitrogen and oxygen atoms in total. The van der Waals surface area contributed by atoms with Crippen LogP contribution >= 0.6 is 11.8 Å². The lowest BCUT2D eigenvalue weighted by Gasteiger charge is -2.08. The second kappa shape index (κ2) is 4.40. The van der Waals surface area contributed by atoms with Gasteiger partial charge in [-0.25, -0.2) is 0 Å². The summed E-state index contributed by atoms with van der Waals surface area (Å²) in [4.78, 5) is 12.1. The van der Waals surface area contributed by atoms with Crippen LogP contribution in [0.4, 0.5) is 0 Å². The third-order valence-electron chi connectivity index (χ3n) is 2.73. The van der Waals surface area contributed by atoms with Crippen molar-refractivity contribution in [1.29, 1.82) is 0 Å². The molecule has 1 aliphatic rings. The fourth-order valence-electron chi connectivity index (χ4n) is 2.09. The Balaban J connectivity index is 2.24. The summed E-state index contributed by atoms with van der Waals surface area (Å²) in [6.07, 6.45) is 2.24. The fourth-order valence-corrected chi connectivity index (χ4v) is 3.33. The van der Waals surface area contributed by atoms with Gasteiger partial charge in [0.05, 0.1) is 5.25 Å². The van der Waals surface area contributed by atoms with E-state index < -0.39 is 0 Å². The number of hydrogen-bond donors (Lipinski definition) is 0. The highest BCUT2D eigenvalue weighted by atomic mass is 32.2. The summed E-state index contributed by atoms with van der Waals surface area (Å²) >= 11 is 1.81. The third kappa shape index (κ3) is 2.43. The summed E-state index contributed by atoms with van der Waals surface area (Å²) in [6, 6.07) is 6.13. The maximum absolute atomic E-state index is 12.1. The van der Waals surface area contributed by atoms with Gasteiger partial charge < -0.3 is 0 Å². The van der Waals surface area contributed by atoms with Gasteiger partial charge in [-0.3, -0.25) is 4.79 Å². The predicted molar refractivity (Wildman–Crippen MR) is 65.7 cm³/mol. The number of carbonyl (C=O) groups is 1. The Morgan fingerprint density at radius 1 is 1.27 bits per heavy atom. The lowest BCUT2D eigenvalue weighted by molar-refractivity contribution is 0.0988. The predicted octanol–water partition coefficient (Wildman–Crippen LogP) is 3.38. The number of benzene rings is 1. The molecule has 0 N–H and O–H groups in total. The summed E-state index contributed by atoms with van der Waals surface area (Å²) in [5, 5.41) is 0.214. The van der Waals surface area contributed by atoms with E-state index in [0.29, 0.717) is 5.78 Å². The molecule has 0 spiro atoms. The third-order valence-corrected chi connectivity index (χ3v) is 4.10. The molecule has 1 aliphatic heterocycles. The summed E-state index contributed by atoms with van der Waals surface area (Å²) in [5.41, 5.74) is 3.26. The molecule has 1 unspecified atom stereocenters. The van der Waals surface area contributed by atoms with Gasteiger partial charge in [-0.15, -0.1) is 0 Å². The number of thioether (sulfide) groups is 1. The van der Waals surface area contributed by atoms with Gasteiger partial charge in [0.1, 0.15) is 0 Å². The Hall–Kier alpha value is -0.760. The standard InChI is InChI=1S/C13H16OS/c1-9-6-10(2)8-11(7-9)13(14)12-4-3-5-15-12/h6-8,12H,3-5H2,1-2H3. The van der Waals surface area contributed by atoms with Crippen LogP contribution in [0, 0.1) is 13.8 Å². The number of carbonyl (C=O) groups excluding carboxylic acids is 1. The molecule has 0 amide bonds. The molecule has 0 radical (unpaired) electrons. The highest BCUT2D eigenvalue weighted by Gasteiger charge is 2.24. The lowest BCUT2D eigenvalue weighted by Crippen LogP contribution is -2.14. The lowest BCUT2D eigenvalue weighted by atomic mass is 10.0. The first kappa shape index (κ1) is 10.7. The molecule has 1 saturated heterocycles. The van der Waals surface area contributed by atoms with Gasteiger partial charge >= 0.3 is 0 Å². The Kier molecular flexibility index (Phi) is 3.15. The van der Waals surface area contributed by atoms with E-state index in [1.807, 2.05) is 37.7 Å². The molecule has 1 fully saturated rings. The molecule has 15 heavy (non-hydrogen) atoms. The van der Waals surface area contributed by atoms with Gasteiger partial charge in [0.15, 0.2) is 5.78 Å². The van der Waals surface area contributed by atoms with Crippen LogP contribution in [0.1, 0.15) is 34.3 Å². The molecule has 1 aromatic rings. The molecule has 1 heterocycles. The Labute approximate surface area is 95.3 Å². The fraction of sp³-hybridized carbons (Fsp3) is 0.462. The van der Waals surface area contributed by atoms with Crippen molar-refractivity contribution in [3.05, 3.63) is 34.9 Å². The van der Waals surface area contributed by atoms with Gasteiger partial charge in [0.25, 0.3) is 0 Å². The molecule has 0 saturated carbocycles. The zero-order valence-corrected chi connectivity index (χ0v) is 10.1. The van der Waals surface area contributed by atoms with Crippen molar-refractivity contribution >= 4 is 17.5 Å². The van der Waals surface area contributed by atoms with Crippen molar-refractivity contribution in [2.75, 3.05) is 5.75 Å². The van der Waals surface area contributed by atoms with Gasteiger partial charge in [0.2, 0.25) is 0 Å². The van der Waals surface area contributed by atoms with Gasteiger partial charge in [-0.05, 0) is 44.6 Å². The van der Waals surface area contributed by atoms with Crippen LogP contribution < -0.4 is 0 Å². The van der Waals surface area contributed by atoms with Crippen LogP contribution in [0.15, 0.2) is 18.2 Å². The van der Waals surface area contributed by atoms with Gasteiger partial charge in [-0.1, -0.05) is 17.2 Å². The molecular formula is C13H16OS. The second-order valence-corrected chi connectivity index (χ2v) is 5.55. The molecule has 2 heteroatoms. The average molecular weight is 220 g/mol. The normalized spacial score (nSPS) is 20.5. The maximum atomic E-state index is 12.1. The molecule has 1 atom stereocenters. The number of rotatable bonds is 2. The number of aryl methyl sites for hydroxylation is 2. The quantitative estimate of drug-likeness (QED) is 0.711. The molecule has 1 aromatic carbocycles. The highest BCUT2D eigenvalue weighted by Crippen LogP contribution is 2.29. The minimum absolute atomic E-state index is 0.214. The van der Waals surface area contributed by atoms with E-state index in [1.165, 1.54) is 17.5 Å². The first-order chi connectivity index (χ1) is 7.16. The van der Waals surface area contributed by atoms with E-state index in [-0.39, 0.29) is 5.25 Å². The largest absolute Gasteiger partial charge is 0.293 e. The van der Waals surface area contributed by atoms with Crippen LogP contribution in [-0.2, 0) is 0 Å². The van der Waals surface area contributed by atoms with Crippen LogP contribution in [0.2, 0.25) is 0 Å². The second-order valence-electron chi connectivity index (χ2n) is 4.24. The van der Waals surface area contributed by atoms with E-state index in [9.17, 15) is 4.79 Å². The van der Waals surface area contributed by atoms with Crippen LogP contribution in [-0.4, -0.2) is 16.8 Å². The first-order valence-corrected chi connectivity index (χ1v) is 6.46. The summed E-state index contributed by atoms with van der Waals surface area (Å²) in [6.45, 7) is 4.09. The number of Topliss-reactive ketones (excluding diaryl/α,β-unsaturated/α-hetero) is 1. The minimum atomic E-state index is 0.214. The van der Waals surface area contributed by atoms with E-state index in [4.69, 9.17) is 0 Å². The zero-order chi connectivity index (χ0) is 10.8. The summed E-state index contributed by atoms with van der Waals surface area (Å²) in [5.74, 6) is 1.46. The van der Waals surface area contributed by atoms with Crippen LogP contribution in [0.25, 0.3) is 0 Å². The smallest absolute Gasteiger partial charge is 0.175 e. The number of hydrogen-bond acceptors (Lipinski definition) is 2. The van der Waals surface area contributed by atoms with Crippen LogP contribution in [0.5, 0.6) is 0 Å². The van der Waals surface area contributed by atoms with Crippen molar-refractivity contribution in [2.24, 2.45) is 0 Å². The van der Waals surface area contributed by atoms with E-state index >= 15 is 0 Å². The zero-order valence-electron chi connectivity index (χ0n) is 9.25. The number of ketones is 1. The van der Waals surface area contributed by atoms with Crippen molar-refractivity contribution < 1.29 is 4.79 Å². The summed E-state index contributed by atoms with van der Waals surface area (Å²) < 4.78 is 0. The van der Waals surface area contributed by atoms with Crippen molar-refractivity contribution in [3.8, 4) is 0 Å². The van der Waals surface area contributed by atoms with E-state index in [1.54, 1.807) is 0 Å². The molecule has 0 bridgehead atoms. The van der Waals surface area contributed by atoms with Gasteiger partial charge in [0, 0.05) is 5.56 Å². The first-order valence-electron chi connectivity index (χ1n) is 5.41. The Morgan fingerprint density at radius 2 is 1.93 bits per heavy atom. The Bertz CT molecular complexity index is 358. The monoisotopic (exact) mass is 220 g/mol. The SMILES string of the molecule is Cc1cc(C)cc(C(=O)C2CCCS2)c1. The summed E-state index contributed by atoms with van der Waals surface area (Å²) in [7, 11) is 0.